The van der Waals surface area contributed by atoms with Crippen molar-refractivity contribution in [1.29, 1.82) is 0 Å². The Morgan fingerprint density at radius 1 is 1.08 bits per heavy atom. The van der Waals surface area contributed by atoms with Gasteiger partial charge < -0.3 is 15.8 Å². The highest BCUT2D eigenvalue weighted by atomic mass is 32.2. The number of esters is 1. The second-order valence-corrected chi connectivity index (χ2v) is 6.11. The number of anilines is 3. The van der Waals surface area contributed by atoms with E-state index in [1.807, 2.05) is 30.3 Å². The van der Waals surface area contributed by atoms with E-state index in [-0.39, 0.29) is 5.97 Å². The Morgan fingerprint density at radius 2 is 1.80 bits per heavy atom. The van der Waals surface area contributed by atoms with E-state index in [0.717, 1.165) is 10.6 Å². The van der Waals surface area contributed by atoms with Gasteiger partial charge in [0, 0.05) is 10.6 Å². The number of nitrogens with one attached hydrogen (secondary N) is 1. The summed E-state index contributed by atoms with van der Waals surface area (Å²) in [7, 11) is 1.35. The zero-order valence-electron chi connectivity index (χ0n) is 13.5. The number of methoxy groups -OCH3 is 1. The summed E-state index contributed by atoms with van der Waals surface area (Å²) in [6, 6.07) is 16.7. The molecule has 0 unspecified atom stereocenters. The highest BCUT2D eigenvalue weighted by Crippen LogP contribution is 2.33. The molecule has 0 saturated heterocycles. The van der Waals surface area contributed by atoms with Crippen LogP contribution in [0.25, 0.3) is 0 Å². The number of ether oxygens (including phenoxy) is 1. The second-order valence-electron chi connectivity index (χ2n) is 5.05. The van der Waals surface area contributed by atoms with E-state index < -0.39 is 0 Å². The van der Waals surface area contributed by atoms with Crippen LogP contribution < -0.4 is 11.1 Å². The van der Waals surface area contributed by atoms with Crippen LogP contribution in [0.15, 0.2) is 70.8 Å². The Kier molecular flexibility index (Phi) is 5.15. The van der Waals surface area contributed by atoms with Crippen LogP contribution in [0.4, 0.5) is 17.2 Å². The smallest absolute Gasteiger partial charge is 0.337 e. The fourth-order valence-corrected chi connectivity index (χ4v) is 2.93. The van der Waals surface area contributed by atoms with Crippen LogP contribution in [-0.2, 0) is 4.74 Å². The minimum Gasteiger partial charge on any atom is -0.465 e. The molecule has 0 saturated carbocycles. The van der Waals surface area contributed by atoms with Crippen molar-refractivity contribution < 1.29 is 9.53 Å². The Bertz CT molecular complexity index is 870. The molecule has 126 valence electrons. The molecule has 7 heteroatoms. The molecule has 0 aliphatic rings. The second kappa shape index (κ2) is 7.67. The lowest BCUT2D eigenvalue weighted by Gasteiger charge is -2.11. The highest BCUT2D eigenvalue weighted by molar-refractivity contribution is 7.99. The van der Waals surface area contributed by atoms with Crippen molar-refractivity contribution in [3.63, 3.8) is 0 Å². The van der Waals surface area contributed by atoms with E-state index in [0.29, 0.717) is 22.1 Å². The van der Waals surface area contributed by atoms with Crippen molar-refractivity contribution >= 4 is 34.9 Å². The Labute approximate surface area is 149 Å². The van der Waals surface area contributed by atoms with E-state index in [2.05, 4.69) is 20.0 Å². The number of carbonyl (C=O) groups is 1. The van der Waals surface area contributed by atoms with Gasteiger partial charge in [-0.25, -0.2) is 14.8 Å². The van der Waals surface area contributed by atoms with Gasteiger partial charge in [-0.3, -0.25) is 0 Å². The number of aromatic nitrogens is 2. The molecule has 0 bridgehead atoms. The first-order valence-corrected chi connectivity index (χ1v) is 8.28. The molecule has 0 spiro atoms. The summed E-state index contributed by atoms with van der Waals surface area (Å²) in [6.07, 6.45) is 1.47. The Balaban J connectivity index is 1.79. The molecule has 0 aliphatic carbocycles. The molecule has 2 aromatic carbocycles. The Morgan fingerprint density at radius 3 is 2.48 bits per heavy atom. The normalized spacial score (nSPS) is 10.3. The van der Waals surface area contributed by atoms with Crippen molar-refractivity contribution in [2.24, 2.45) is 0 Å². The van der Waals surface area contributed by atoms with Crippen LogP contribution >= 0.6 is 11.8 Å². The lowest BCUT2D eigenvalue weighted by Crippen LogP contribution is -2.03. The summed E-state index contributed by atoms with van der Waals surface area (Å²) in [6.45, 7) is 0. The van der Waals surface area contributed by atoms with Crippen molar-refractivity contribution in [1.82, 2.24) is 9.97 Å². The van der Waals surface area contributed by atoms with Gasteiger partial charge in [-0.2, -0.15) is 0 Å². The number of hydrogen-bond acceptors (Lipinski definition) is 7. The first kappa shape index (κ1) is 16.8. The van der Waals surface area contributed by atoms with Gasteiger partial charge in [0.2, 0.25) is 0 Å². The number of nitrogens with zero attached hydrogens (tertiary/aromatic N) is 2. The summed E-state index contributed by atoms with van der Waals surface area (Å²) in [5.41, 5.74) is 7.90. The van der Waals surface area contributed by atoms with Gasteiger partial charge in [-0.05, 0) is 36.4 Å². The first-order valence-electron chi connectivity index (χ1n) is 7.46. The van der Waals surface area contributed by atoms with E-state index in [1.165, 1.54) is 25.2 Å². The molecule has 0 aliphatic heterocycles. The van der Waals surface area contributed by atoms with Crippen LogP contribution in [0.5, 0.6) is 0 Å². The average molecular weight is 352 g/mol. The number of benzene rings is 2. The third-order valence-electron chi connectivity index (χ3n) is 3.37. The highest BCUT2D eigenvalue weighted by Gasteiger charge is 2.10. The summed E-state index contributed by atoms with van der Waals surface area (Å²) < 4.78 is 4.68. The largest absolute Gasteiger partial charge is 0.465 e. The van der Waals surface area contributed by atoms with Crippen molar-refractivity contribution in [2.75, 3.05) is 18.2 Å². The molecule has 0 atom stereocenters. The molecule has 3 N–H and O–H groups in total. The van der Waals surface area contributed by atoms with Gasteiger partial charge in [0.05, 0.1) is 12.7 Å². The standard InChI is InChI=1S/C18H16N4O2S/c1-24-18(23)12-7-9-13(10-8-12)22-16-15(19)17(21-11-20-16)25-14-5-3-2-4-6-14/h2-11H,19H2,1H3,(H,20,21,22). The number of hydrogen-bond donors (Lipinski definition) is 2. The van der Waals surface area contributed by atoms with Crippen molar-refractivity contribution in [3.05, 3.63) is 66.5 Å². The van der Waals surface area contributed by atoms with E-state index in [1.54, 1.807) is 24.3 Å². The summed E-state index contributed by atoms with van der Waals surface area (Å²) >= 11 is 1.47. The third-order valence-corrected chi connectivity index (χ3v) is 4.40. The van der Waals surface area contributed by atoms with Gasteiger partial charge in [0.1, 0.15) is 17.0 Å². The lowest BCUT2D eigenvalue weighted by molar-refractivity contribution is 0.0601. The van der Waals surface area contributed by atoms with E-state index in [9.17, 15) is 4.79 Å². The van der Waals surface area contributed by atoms with Gasteiger partial charge >= 0.3 is 5.97 Å². The SMILES string of the molecule is COC(=O)c1ccc(Nc2ncnc(Sc3ccccc3)c2N)cc1. The number of nitrogens with two attached hydrogens (primary N) is 1. The first-order chi connectivity index (χ1) is 12.2. The van der Waals surface area contributed by atoms with Crippen LogP contribution in [0.1, 0.15) is 10.4 Å². The zero-order chi connectivity index (χ0) is 17.6. The van der Waals surface area contributed by atoms with Crippen LogP contribution in [0.3, 0.4) is 0 Å². The van der Waals surface area contributed by atoms with E-state index >= 15 is 0 Å². The van der Waals surface area contributed by atoms with Crippen LogP contribution in [0, 0.1) is 0 Å². The topological polar surface area (TPSA) is 90.1 Å². The molecule has 6 nitrogen and oxygen atoms in total. The molecular weight excluding hydrogens is 336 g/mol. The molecule has 25 heavy (non-hydrogen) atoms. The number of rotatable bonds is 5. The lowest BCUT2D eigenvalue weighted by atomic mass is 10.2. The molecule has 0 amide bonds. The molecule has 0 fully saturated rings. The fraction of sp³-hybridized carbons (Fsp3) is 0.0556. The maximum atomic E-state index is 11.5. The predicted molar refractivity (Wildman–Crippen MR) is 98.1 cm³/mol. The number of carbonyl (C=O) groups excluding carboxylic acids is 1. The maximum Gasteiger partial charge on any atom is 0.337 e. The minimum absolute atomic E-state index is 0.380. The van der Waals surface area contributed by atoms with Gasteiger partial charge in [0.25, 0.3) is 0 Å². The fourth-order valence-electron chi connectivity index (χ4n) is 2.10. The van der Waals surface area contributed by atoms with E-state index in [4.69, 9.17) is 5.73 Å². The minimum atomic E-state index is -0.380. The number of nitrogen functional groups attached to an aromatic ring is 1. The molecule has 1 aromatic heterocycles. The van der Waals surface area contributed by atoms with Gasteiger partial charge in [-0.1, -0.05) is 30.0 Å². The van der Waals surface area contributed by atoms with Gasteiger partial charge in [0.15, 0.2) is 5.82 Å². The molecule has 0 radical (unpaired) electrons. The average Bonchev–Trinajstić information content (AvgIpc) is 2.66. The van der Waals surface area contributed by atoms with Crippen molar-refractivity contribution in [3.8, 4) is 0 Å². The summed E-state index contributed by atoms with van der Waals surface area (Å²) in [4.78, 5) is 21.0. The monoisotopic (exact) mass is 352 g/mol. The molecule has 3 rings (SSSR count). The molecule has 1 heterocycles. The van der Waals surface area contributed by atoms with Crippen molar-refractivity contribution in [2.45, 2.75) is 9.92 Å². The molecule has 3 aromatic rings. The molecular formula is C18H16N4O2S. The Hall–Kier alpha value is -3.06. The zero-order valence-corrected chi connectivity index (χ0v) is 14.3. The van der Waals surface area contributed by atoms with Crippen LogP contribution in [-0.4, -0.2) is 23.0 Å². The third kappa shape index (κ3) is 4.07. The van der Waals surface area contributed by atoms with Gasteiger partial charge in [-0.15, -0.1) is 0 Å². The summed E-state index contributed by atoms with van der Waals surface area (Å²) in [5, 5.41) is 3.82. The predicted octanol–water partition coefficient (Wildman–Crippen LogP) is 3.74. The van der Waals surface area contributed by atoms with Crippen LogP contribution in [0.2, 0.25) is 0 Å². The maximum absolute atomic E-state index is 11.5. The summed E-state index contributed by atoms with van der Waals surface area (Å²) in [5.74, 6) is 0.133. The quantitative estimate of drug-likeness (QED) is 0.534.